The highest BCUT2D eigenvalue weighted by molar-refractivity contribution is 5.88. The van der Waals surface area contributed by atoms with E-state index in [2.05, 4.69) is 5.43 Å². The minimum atomic E-state index is -4.53. The van der Waals surface area contributed by atoms with Crippen LogP contribution in [0.3, 0.4) is 0 Å². The molecule has 23 heavy (non-hydrogen) atoms. The summed E-state index contributed by atoms with van der Waals surface area (Å²) in [6.45, 7) is -0.000712. The Morgan fingerprint density at radius 2 is 2.04 bits per heavy atom. The molecule has 0 bridgehead atoms. The van der Waals surface area contributed by atoms with E-state index < -0.39 is 18.1 Å². The van der Waals surface area contributed by atoms with Crippen molar-refractivity contribution in [2.24, 2.45) is 0 Å². The number of hydrazine groups is 1. The third kappa shape index (κ3) is 2.85. The number of benzene rings is 2. The molecule has 118 valence electrons. The van der Waals surface area contributed by atoms with Crippen LogP contribution in [0.2, 0.25) is 0 Å². The predicted molar refractivity (Wildman–Crippen MR) is 76.9 cm³/mol. The number of nitrogens with zero attached hydrogens (tertiary/aromatic N) is 2. The predicted octanol–water partition coefficient (Wildman–Crippen LogP) is 3.05. The van der Waals surface area contributed by atoms with Crippen LogP contribution in [0.15, 0.2) is 36.4 Å². The van der Waals surface area contributed by atoms with Gasteiger partial charge in [-0.3, -0.25) is 10.2 Å². The molecule has 1 aliphatic heterocycles. The van der Waals surface area contributed by atoms with Crippen LogP contribution in [-0.2, 0) is 4.79 Å². The normalized spacial score (nSPS) is 17.0. The summed E-state index contributed by atoms with van der Waals surface area (Å²) < 4.78 is 40.5. The number of alkyl halides is 3. The van der Waals surface area contributed by atoms with Gasteiger partial charge in [-0.05, 0) is 28.5 Å². The van der Waals surface area contributed by atoms with Gasteiger partial charge >= 0.3 is 6.18 Å². The van der Waals surface area contributed by atoms with E-state index in [1.165, 1.54) is 18.2 Å². The maximum atomic E-state index is 13.5. The maximum absolute atomic E-state index is 13.5. The van der Waals surface area contributed by atoms with Crippen molar-refractivity contribution in [3.05, 3.63) is 47.5 Å². The number of halogens is 3. The van der Waals surface area contributed by atoms with Crippen LogP contribution < -0.4 is 5.43 Å². The van der Waals surface area contributed by atoms with Gasteiger partial charge < -0.3 is 0 Å². The van der Waals surface area contributed by atoms with E-state index in [0.717, 1.165) is 5.01 Å². The fraction of sp³-hybridized carbons (Fsp3) is 0.250. The van der Waals surface area contributed by atoms with Gasteiger partial charge in [0.15, 0.2) is 0 Å². The highest BCUT2D eigenvalue weighted by Gasteiger charge is 2.46. The van der Waals surface area contributed by atoms with Crippen molar-refractivity contribution in [3.8, 4) is 6.07 Å². The minimum Gasteiger partial charge on any atom is -0.288 e. The van der Waals surface area contributed by atoms with Crippen LogP contribution in [0, 0.1) is 11.3 Å². The van der Waals surface area contributed by atoms with E-state index in [0.29, 0.717) is 16.3 Å². The number of amides is 1. The fourth-order valence-corrected chi connectivity index (χ4v) is 2.80. The second kappa shape index (κ2) is 5.56. The van der Waals surface area contributed by atoms with Crippen molar-refractivity contribution in [1.82, 2.24) is 10.4 Å². The van der Waals surface area contributed by atoms with E-state index in [1.54, 1.807) is 18.2 Å². The first-order valence-electron chi connectivity index (χ1n) is 6.96. The molecule has 0 aromatic heterocycles. The number of hydrogen-bond acceptors (Lipinski definition) is 3. The largest absolute Gasteiger partial charge is 0.409 e. The number of nitriles is 1. The molecule has 1 aliphatic rings. The van der Waals surface area contributed by atoms with Crippen molar-refractivity contribution in [2.75, 3.05) is 6.54 Å². The molecule has 2 aromatic carbocycles. The smallest absolute Gasteiger partial charge is 0.288 e. The van der Waals surface area contributed by atoms with Crippen molar-refractivity contribution in [3.63, 3.8) is 0 Å². The van der Waals surface area contributed by atoms with Crippen molar-refractivity contribution in [1.29, 1.82) is 5.26 Å². The molecule has 1 unspecified atom stereocenters. The van der Waals surface area contributed by atoms with Gasteiger partial charge in [0.25, 0.3) is 0 Å². The molecular weight excluding hydrogens is 307 g/mol. The third-order valence-electron chi connectivity index (χ3n) is 3.81. The van der Waals surface area contributed by atoms with Gasteiger partial charge in [-0.1, -0.05) is 24.3 Å². The Morgan fingerprint density at radius 1 is 1.26 bits per heavy atom. The van der Waals surface area contributed by atoms with Crippen molar-refractivity contribution in [2.45, 2.75) is 18.6 Å². The fourth-order valence-electron chi connectivity index (χ4n) is 2.80. The molecule has 3 rings (SSSR count). The summed E-state index contributed by atoms with van der Waals surface area (Å²) in [7, 11) is 0. The lowest BCUT2D eigenvalue weighted by Gasteiger charge is -2.29. The highest BCUT2D eigenvalue weighted by atomic mass is 19.4. The Labute approximate surface area is 130 Å². The maximum Gasteiger partial charge on any atom is 0.409 e. The average Bonchev–Trinajstić information content (AvgIpc) is 2.91. The van der Waals surface area contributed by atoms with Crippen LogP contribution in [0.1, 0.15) is 23.6 Å². The summed E-state index contributed by atoms with van der Waals surface area (Å²) in [6.07, 6.45) is -4.49. The van der Waals surface area contributed by atoms with E-state index in [1.807, 2.05) is 6.07 Å². The van der Waals surface area contributed by atoms with E-state index in [9.17, 15) is 18.0 Å². The van der Waals surface area contributed by atoms with Crippen molar-refractivity contribution < 1.29 is 18.0 Å². The summed E-state index contributed by atoms with van der Waals surface area (Å²) in [4.78, 5) is 11.3. The lowest BCUT2D eigenvalue weighted by atomic mass is 9.98. The molecule has 2 aromatic rings. The quantitative estimate of drug-likeness (QED) is 0.925. The van der Waals surface area contributed by atoms with Gasteiger partial charge in [0.2, 0.25) is 5.91 Å². The molecule has 1 heterocycles. The second-order valence-corrected chi connectivity index (χ2v) is 5.32. The Hall–Kier alpha value is -2.59. The molecule has 1 N–H and O–H groups in total. The molecule has 1 atom stereocenters. The molecular formula is C16H12F3N3O. The summed E-state index contributed by atoms with van der Waals surface area (Å²) in [5.41, 5.74) is 2.69. The second-order valence-electron chi connectivity index (χ2n) is 5.32. The van der Waals surface area contributed by atoms with Crippen LogP contribution in [0.4, 0.5) is 13.2 Å². The average molecular weight is 319 g/mol. The Morgan fingerprint density at radius 3 is 2.65 bits per heavy atom. The van der Waals surface area contributed by atoms with Crippen LogP contribution in [-0.4, -0.2) is 23.6 Å². The minimum absolute atomic E-state index is 0.000712. The number of carbonyl (C=O) groups excluding carboxylic acids is 1. The molecule has 1 saturated heterocycles. The van der Waals surface area contributed by atoms with Gasteiger partial charge in [0.1, 0.15) is 6.04 Å². The van der Waals surface area contributed by atoms with Crippen LogP contribution in [0.5, 0.6) is 0 Å². The Kier molecular flexibility index (Phi) is 3.70. The molecule has 0 radical (unpaired) electrons. The summed E-state index contributed by atoms with van der Waals surface area (Å²) in [5, 5.41) is 11.1. The van der Waals surface area contributed by atoms with Crippen molar-refractivity contribution >= 4 is 16.7 Å². The molecule has 1 fully saturated rings. The molecule has 0 spiro atoms. The van der Waals surface area contributed by atoms with E-state index >= 15 is 0 Å². The zero-order valence-electron chi connectivity index (χ0n) is 11.9. The number of hydrogen-bond donors (Lipinski definition) is 1. The number of nitrogens with one attached hydrogen (secondary N) is 1. The highest BCUT2D eigenvalue weighted by Crippen LogP contribution is 2.39. The lowest BCUT2D eigenvalue weighted by Crippen LogP contribution is -2.43. The first-order valence-corrected chi connectivity index (χ1v) is 6.96. The summed E-state index contributed by atoms with van der Waals surface area (Å²) in [6, 6.07) is 9.30. The van der Waals surface area contributed by atoms with Gasteiger partial charge in [-0.25, -0.2) is 5.01 Å². The first kappa shape index (κ1) is 15.3. The van der Waals surface area contributed by atoms with Gasteiger partial charge in [0.05, 0.1) is 11.6 Å². The van der Waals surface area contributed by atoms with Gasteiger partial charge in [0, 0.05) is 13.0 Å². The van der Waals surface area contributed by atoms with E-state index in [-0.39, 0.29) is 18.5 Å². The molecule has 4 nitrogen and oxygen atoms in total. The lowest BCUT2D eigenvalue weighted by molar-refractivity contribution is -0.191. The Bertz CT molecular complexity index is 810. The monoisotopic (exact) mass is 319 g/mol. The van der Waals surface area contributed by atoms with E-state index in [4.69, 9.17) is 5.26 Å². The number of rotatable bonds is 2. The molecule has 1 amide bonds. The van der Waals surface area contributed by atoms with Gasteiger partial charge in [-0.2, -0.15) is 18.4 Å². The first-order chi connectivity index (χ1) is 10.9. The molecule has 0 saturated carbocycles. The molecule has 0 aliphatic carbocycles. The Balaban J connectivity index is 2.08. The number of carbonyl (C=O) groups is 1. The summed E-state index contributed by atoms with van der Waals surface area (Å²) in [5.74, 6) is -0.424. The standard InChI is InChI=1S/C16H12F3N3O/c17-16(18,19)15(22-7-6-14(23)21-22)11-4-5-13-10(8-11)2-1-3-12(13)9-20/h1-5,8,15H,6-7H2,(H,21,23). The number of fused-ring (bicyclic) bond motifs is 1. The van der Waals surface area contributed by atoms with Crippen LogP contribution >= 0.6 is 0 Å². The molecule has 7 heteroatoms. The van der Waals surface area contributed by atoms with Gasteiger partial charge in [-0.15, -0.1) is 0 Å². The topological polar surface area (TPSA) is 56.1 Å². The zero-order chi connectivity index (χ0) is 16.6. The van der Waals surface area contributed by atoms with Crippen LogP contribution in [0.25, 0.3) is 10.8 Å². The third-order valence-corrected chi connectivity index (χ3v) is 3.81. The summed E-state index contributed by atoms with van der Waals surface area (Å²) >= 11 is 0. The zero-order valence-corrected chi connectivity index (χ0v) is 11.9. The SMILES string of the molecule is N#Cc1cccc2cc(C(N3CCC(=O)N3)C(F)(F)F)ccc12.